The third-order valence-corrected chi connectivity index (χ3v) is 4.74. The Balaban J connectivity index is 1.36. The fraction of sp³-hybridized carbons (Fsp3) is 0.286. The molecule has 0 bridgehead atoms. The molecule has 2 heterocycles. The lowest BCUT2D eigenvalue weighted by molar-refractivity contribution is -0.274. The molecule has 0 unspecified atom stereocenters. The quantitative estimate of drug-likeness (QED) is 0.637. The predicted molar refractivity (Wildman–Crippen MR) is 101 cm³/mol. The maximum atomic E-state index is 12.2. The number of imidazole rings is 1. The SMILES string of the molecule is FC(F)(F)Oc1ccc(CNc2ccc(-c3cn4c(n3)CCCC4)cc2)cc1. The lowest BCUT2D eigenvalue weighted by atomic mass is 10.1. The number of hydrogen-bond donors (Lipinski definition) is 1. The van der Waals surface area contributed by atoms with Crippen LogP contribution in [-0.2, 0) is 19.5 Å². The smallest absolute Gasteiger partial charge is 0.406 e. The monoisotopic (exact) mass is 387 g/mol. The zero-order valence-corrected chi connectivity index (χ0v) is 15.2. The minimum Gasteiger partial charge on any atom is -0.406 e. The first kappa shape index (κ1) is 18.4. The van der Waals surface area contributed by atoms with E-state index in [2.05, 4.69) is 20.8 Å². The molecule has 1 aliphatic rings. The molecule has 146 valence electrons. The normalized spacial score (nSPS) is 13.8. The Morgan fingerprint density at radius 2 is 1.75 bits per heavy atom. The number of benzene rings is 2. The summed E-state index contributed by atoms with van der Waals surface area (Å²) in [5.74, 6) is 0.935. The van der Waals surface area contributed by atoms with Crippen molar-refractivity contribution in [1.29, 1.82) is 0 Å². The molecule has 0 amide bonds. The van der Waals surface area contributed by atoms with E-state index in [1.165, 1.54) is 25.0 Å². The lowest BCUT2D eigenvalue weighted by Gasteiger charge is -2.11. The van der Waals surface area contributed by atoms with E-state index in [0.717, 1.165) is 41.3 Å². The van der Waals surface area contributed by atoms with Gasteiger partial charge in [0.1, 0.15) is 11.6 Å². The Kier molecular flexibility index (Phi) is 4.98. The predicted octanol–water partition coefficient (Wildman–Crippen LogP) is 5.40. The van der Waals surface area contributed by atoms with Gasteiger partial charge in [-0.1, -0.05) is 24.3 Å². The van der Waals surface area contributed by atoms with Gasteiger partial charge >= 0.3 is 6.36 Å². The summed E-state index contributed by atoms with van der Waals surface area (Å²) in [7, 11) is 0. The van der Waals surface area contributed by atoms with Gasteiger partial charge in [0.2, 0.25) is 0 Å². The Bertz CT molecular complexity index is 908. The van der Waals surface area contributed by atoms with E-state index in [-0.39, 0.29) is 5.75 Å². The first-order valence-corrected chi connectivity index (χ1v) is 9.21. The number of hydrogen-bond acceptors (Lipinski definition) is 3. The van der Waals surface area contributed by atoms with Crippen LogP contribution in [0.4, 0.5) is 18.9 Å². The highest BCUT2D eigenvalue weighted by Gasteiger charge is 2.30. The molecule has 0 spiro atoms. The zero-order valence-electron chi connectivity index (χ0n) is 15.2. The molecule has 0 aliphatic carbocycles. The fourth-order valence-corrected chi connectivity index (χ4v) is 3.32. The van der Waals surface area contributed by atoms with Crippen molar-refractivity contribution in [3.63, 3.8) is 0 Å². The second-order valence-electron chi connectivity index (χ2n) is 6.82. The summed E-state index contributed by atoms with van der Waals surface area (Å²) in [5.41, 5.74) is 3.86. The van der Waals surface area contributed by atoms with Crippen LogP contribution in [0.15, 0.2) is 54.7 Å². The molecule has 28 heavy (non-hydrogen) atoms. The first-order valence-electron chi connectivity index (χ1n) is 9.21. The highest BCUT2D eigenvalue weighted by molar-refractivity contribution is 5.62. The first-order chi connectivity index (χ1) is 13.5. The third-order valence-electron chi connectivity index (χ3n) is 4.74. The molecule has 1 N–H and O–H groups in total. The number of rotatable bonds is 5. The second kappa shape index (κ2) is 7.58. The summed E-state index contributed by atoms with van der Waals surface area (Å²) < 4.78 is 42.7. The van der Waals surface area contributed by atoms with Gasteiger partial charge in [0.15, 0.2) is 0 Å². The van der Waals surface area contributed by atoms with Crippen molar-refractivity contribution in [2.24, 2.45) is 0 Å². The van der Waals surface area contributed by atoms with Crippen molar-refractivity contribution < 1.29 is 17.9 Å². The molecular formula is C21H20F3N3O. The van der Waals surface area contributed by atoms with Crippen LogP contribution < -0.4 is 10.1 Å². The number of anilines is 1. The van der Waals surface area contributed by atoms with Gasteiger partial charge in [-0.3, -0.25) is 0 Å². The molecule has 0 saturated carbocycles. The van der Waals surface area contributed by atoms with E-state index in [1.54, 1.807) is 12.1 Å². The highest BCUT2D eigenvalue weighted by Crippen LogP contribution is 2.25. The van der Waals surface area contributed by atoms with Crippen LogP contribution >= 0.6 is 0 Å². The summed E-state index contributed by atoms with van der Waals surface area (Å²) in [6.45, 7) is 1.54. The molecule has 4 nitrogen and oxygen atoms in total. The second-order valence-corrected chi connectivity index (χ2v) is 6.82. The van der Waals surface area contributed by atoms with Gasteiger partial charge < -0.3 is 14.6 Å². The Morgan fingerprint density at radius 3 is 2.43 bits per heavy atom. The van der Waals surface area contributed by atoms with Crippen molar-refractivity contribution in [2.75, 3.05) is 5.32 Å². The minimum absolute atomic E-state index is 0.219. The van der Waals surface area contributed by atoms with Gasteiger partial charge in [-0.05, 0) is 42.7 Å². The zero-order chi connectivity index (χ0) is 19.6. The molecule has 2 aromatic carbocycles. The third kappa shape index (κ3) is 4.47. The van der Waals surface area contributed by atoms with E-state index in [0.29, 0.717) is 6.54 Å². The average Bonchev–Trinajstić information content (AvgIpc) is 3.11. The van der Waals surface area contributed by atoms with E-state index < -0.39 is 6.36 Å². The average molecular weight is 387 g/mol. The summed E-state index contributed by atoms with van der Waals surface area (Å²) >= 11 is 0. The standard InChI is InChI=1S/C21H20F3N3O/c22-21(23,24)28-18-10-4-15(5-11-18)13-25-17-8-6-16(7-9-17)19-14-27-12-2-1-3-20(27)26-19/h4-11,14,25H,1-3,12-13H2. The summed E-state index contributed by atoms with van der Waals surface area (Å²) in [6.07, 6.45) is 0.876. The van der Waals surface area contributed by atoms with Crippen molar-refractivity contribution >= 4 is 5.69 Å². The van der Waals surface area contributed by atoms with Crippen molar-refractivity contribution in [2.45, 2.75) is 38.7 Å². The Morgan fingerprint density at radius 1 is 1.00 bits per heavy atom. The maximum absolute atomic E-state index is 12.2. The number of aromatic nitrogens is 2. The van der Waals surface area contributed by atoms with Crippen LogP contribution in [0.1, 0.15) is 24.2 Å². The number of alkyl halides is 3. The molecule has 0 radical (unpaired) electrons. The molecule has 1 aromatic heterocycles. The molecule has 7 heteroatoms. The maximum Gasteiger partial charge on any atom is 0.573 e. The summed E-state index contributed by atoms with van der Waals surface area (Å²) in [6, 6.07) is 13.9. The number of nitrogens with one attached hydrogen (secondary N) is 1. The van der Waals surface area contributed by atoms with Crippen LogP contribution in [0.3, 0.4) is 0 Å². The van der Waals surface area contributed by atoms with Crippen LogP contribution in [0.2, 0.25) is 0 Å². The summed E-state index contributed by atoms with van der Waals surface area (Å²) in [5, 5.41) is 3.27. The largest absolute Gasteiger partial charge is 0.573 e. The molecule has 4 rings (SSSR count). The van der Waals surface area contributed by atoms with Crippen LogP contribution in [0.5, 0.6) is 5.75 Å². The summed E-state index contributed by atoms with van der Waals surface area (Å²) in [4.78, 5) is 4.73. The van der Waals surface area contributed by atoms with Gasteiger partial charge in [-0.2, -0.15) is 0 Å². The number of nitrogens with zero attached hydrogens (tertiary/aromatic N) is 2. The Hall–Kier alpha value is -2.96. The highest BCUT2D eigenvalue weighted by atomic mass is 19.4. The van der Waals surface area contributed by atoms with E-state index >= 15 is 0 Å². The molecule has 0 atom stereocenters. The van der Waals surface area contributed by atoms with E-state index in [1.807, 2.05) is 24.3 Å². The van der Waals surface area contributed by atoms with Crippen LogP contribution in [0, 0.1) is 0 Å². The number of aryl methyl sites for hydroxylation is 2. The molecule has 0 fully saturated rings. The van der Waals surface area contributed by atoms with E-state index in [4.69, 9.17) is 4.98 Å². The number of halogens is 3. The minimum atomic E-state index is -4.67. The van der Waals surface area contributed by atoms with Crippen molar-refractivity contribution in [3.8, 4) is 17.0 Å². The number of ether oxygens (including phenoxy) is 1. The number of fused-ring (bicyclic) bond motifs is 1. The lowest BCUT2D eigenvalue weighted by Crippen LogP contribution is -2.17. The van der Waals surface area contributed by atoms with Gasteiger partial charge in [0.25, 0.3) is 0 Å². The van der Waals surface area contributed by atoms with Gasteiger partial charge in [0, 0.05) is 37.0 Å². The van der Waals surface area contributed by atoms with Crippen molar-refractivity contribution in [3.05, 3.63) is 66.1 Å². The van der Waals surface area contributed by atoms with Crippen LogP contribution in [-0.4, -0.2) is 15.9 Å². The fourth-order valence-electron chi connectivity index (χ4n) is 3.32. The van der Waals surface area contributed by atoms with Gasteiger partial charge in [0.05, 0.1) is 5.69 Å². The van der Waals surface area contributed by atoms with Crippen LogP contribution in [0.25, 0.3) is 11.3 Å². The molecule has 0 saturated heterocycles. The van der Waals surface area contributed by atoms with Gasteiger partial charge in [-0.25, -0.2) is 4.98 Å². The van der Waals surface area contributed by atoms with Crippen molar-refractivity contribution in [1.82, 2.24) is 9.55 Å². The van der Waals surface area contributed by atoms with Gasteiger partial charge in [-0.15, -0.1) is 13.2 Å². The molecule has 1 aliphatic heterocycles. The van der Waals surface area contributed by atoms with E-state index in [9.17, 15) is 13.2 Å². The Labute approximate surface area is 161 Å². The molecular weight excluding hydrogens is 367 g/mol. The molecule has 3 aromatic rings. The topological polar surface area (TPSA) is 39.1 Å².